The third-order valence-corrected chi connectivity index (χ3v) is 3.15. The predicted molar refractivity (Wildman–Crippen MR) is 59.0 cm³/mol. The highest BCUT2D eigenvalue weighted by Gasteiger charge is 2.25. The van der Waals surface area contributed by atoms with Crippen molar-refractivity contribution in [3.8, 4) is 5.75 Å². The molecule has 0 saturated heterocycles. The molecule has 0 aromatic heterocycles. The molecule has 1 heterocycles. The number of nitro groups is 1. The molecule has 0 atom stereocenters. The van der Waals surface area contributed by atoms with Gasteiger partial charge in [0.1, 0.15) is 11.4 Å². The molecule has 7 heteroatoms. The Labute approximate surface area is 95.1 Å². The minimum absolute atomic E-state index is 0.144. The number of thioether (sulfide) groups is 1. The summed E-state index contributed by atoms with van der Waals surface area (Å²) < 4.78 is 4.97. The van der Waals surface area contributed by atoms with Crippen LogP contribution in [0.2, 0.25) is 0 Å². The van der Waals surface area contributed by atoms with E-state index in [-0.39, 0.29) is 23.0 Å². The van der Waals surface area contributed by atoms with Gasteiger partial charge < -0.3 is 10.1 Å². The first-order chi connectivity index (χ1) is 7.61. The molecule has 1 aliphatic heterocycles. The number of methoxy groups -OCH3 is 1. The maximum absolute atomic E-state index is 11.2. The van der Waals surface area contributed by atoms with Crippen LogP contribution in [0.3, 0.4) is 0 Å². The minimum Gasteiger partial charge on any atom is -0.496 e. The zero-order chi connectivity index (χ0) is 11.7. The normalized spacial score (nSPS) is 13.9. The highest BCUT2D eigenvalue weighted by Crippen LogP contribution is 2.41. The third kappa shape index (κ3) is 1.81. The lowest BCUT2D eigenvalue weighted by Crippen LogP contribution is -2.19. The largest absolute Gasteiger partial charge is 0.496 e. The van der Waals surface area contributed by atoms with Crippen molar-refractivity contribution in [3.05, 3.63) is 22.2 Å². The molecular weight excluding hydrogens is 232 g/mol. The molecule has 84 valence electrons. The molecule has 16 heavy (non-hydrogen) atoms. The van der Waals surface area contributed by atoms with Gasteiger partial charge in [-0.15, -0.1) is 11.8 Å². The number of nitrogens with one attached hydrogen (secondary N) is 1. The van der Waals surface area contributed by atoms with Crippen LogP contribution in [0, 0.1) is 10.1 Å². The standard InChI is InChI=1S/C9H8N2O4S/c1-15-5-2-6(11(13)14)9-7(3-5)16-4-8(12)10-9/h2-3H,4H2,1H3,(H,10,12). The number of hydrogen-bond donors (Lipinski definition) is 1. The molecule has 0 spiro atoms. The molecule has 1 N–H and O–H groups in total. The molecule has 0 aliphatic carbocycles. The molecule has 6 nitrogen and oxygen atoms in total. The van der Waals surface area contributed by atoms with E-state index in [0.29, 0.717) is 10.6 Å². The summed E-state index contributed by atoms with van der Waals surface area (Å²) >= 11 is 1.26. The van der Waals surface area contributed by atoms with Gasteiger partial charge in [-0.25, -0.2) is 0 Å². The third-order valence-electron chi connectivity index (χ3n) is 2.11. The summed E-state index contributed by atoms with van der Waals surface area (Å²) in [4.78, 5) is 22.1. The van der Waals surface area contributed by atoms with Gasteiger partial charge in [-0.1, -0.05) is 0 Å². The fraction of sp³-hybridized carbons (Fsp3) is 0.222. The number of hydrogen-bond acceptors (Lipinski definition) is 5. The second-order valence-electron chi connectivity index (χ2n) is 3.11. The Morgan fingerprint density at radius 1 is 1.56 bits per heavy atom. The number of fused-ring (bicyclic) bond motifs is 1. The smallest absolute Gasteiger partial charge is 0.297 e. The van der Waals surface area contributed by atoms with Crippen LogP contribution in [0.1, 0.15) is 0 Å². The van der Waals surface area contributed by atoms with Crippen molar-refractivity contribution < 1.29 is 14.5 Å². The van der Waals surface area contributed by atoms with Crippen molar-refractivity contribution in [1.82, 2.24) is 0 Å². The Bertz CT molecular complexity index is 475. The van der Waals surface area contributed by atoms with Crippen molar-refractivity contribution in [3.63, 3.8) is 0 Å². The van der Waals surface area contributed by atoms with Crippen molar-refractivity contribution in [2.24, 2.45) is 0 Å². The molecule has 1 aromatic rings. The maximum atomic E-state index is 11.2. The Morgan fingerprint density at radius 2 is 2.31 bits per heavy atom. The highest BCUT2D eigenvalue weighted by molar-refractivity contribution is 8.00. The first-order valence-electron chi connectivity index (χ1n) is 4.41. The van der Waals surface area contributed by atoms with E-state index in [1.807, 2.05) is 0 Å². The van der Waals surface area contributed by atoms with Gasteiger partial charge in [0.05, 0.1) is 23.9 Å². The fourth-order valence-electron chi connectivity index (χ4n) is 1.40. The van der Waals surface area contributed by atoms with Crippen LogP contribution >= 0.6 is 11.8 Å². The number of ether oxygens (including phenoxy) is 1. The van der Waals surface area contributed by atoms with Crippen LogP contribution in [0.5, 0.6) is 5.75 Å². The van der Waals surface area contributed by atoms with E-state index < -0.39 is 4.92 Å². The van der Waals surface area contributed by atoms with E-state index in [4.69, 9.17) is 4.74 Å². The Balaban J connectivity index is 2.57. The number of carbonyl (C=O) groups excluding carboxylic acids is 1. The van der Waals surface area contributed by atoms with Crippen LogP contribution < -0.4 is 10.1 Å². The summed E-state index contributed by atoms with van der Waals surface area (Å²) in [6.45, 7) is 0. The van der Waals surface area contributed by atoms with Crippen LogP contribution in [0.4, 0.5) is 11.4 Å². The molecule has 2 rings (SSSR count). The molecule has 1 aromatic carbocycles. The first kappa shape index (κ1) is 10.7. The average Bonchev–Trinajstić information content (AvgIpc) is 2.27. The number of benzene rings is 1. The summed E-state index contributed by atoms with van der Waals surface area (Å²) in [5.41, 5.74) is 0.113. The molecule has 1 aliphatic rings. The number of carbonyl (C=O) groups is 1. The van der Waals surface area contributed by atoms with Crippen LogP contribution in [0.15, 0.2) is 17.0 Å². The van der Waals surface area contributed by atoms with E-state index in [1.165, 1.54) is 24.9 Å². The SMILES string of the molecule is COc1cc2c(c([N+](=O)[O-])c1)NC(=O)CS2. The zero-order valence-corrected chi connectivity index (χ0v) is 9.17. The van der Waals surface area contributed by atoms with Crippen molar-refractivity contribution >= 4 is 29.0 Å². The summed E-state index contributed by atoms with van der Waals surface area (Å²) in [6.07, 6.45) is 0. The maximum Gasteiger partial charge on any atom is 0.297 e. The second kappa shape index (κ2) is 4.01. The average molecular weight is 240 g/mol. The summed E-state index contributed by atoms with van der Waals surface area (Å²) in [5, 5.41) is 13.3. The number of rotatable bonds is 2. The molecular formula is C9H8N2O4S. The van der Waals surface area contributed by atoms with Gasteiger partial charge in [-0.3, -0.25) is 14.9 Å². The van der Waals surface area contributed by atoms with E-state index in [2.05, 4.69) is 5.32 Å². The lowest BCUT2D eigenvalue weighted by molar-refractivity contribution is -0.384. The van der Waals surface area contributed by atoms with Gasteiger partial charge >= 0.3 is 0 Å². The number of nitrogens with zero attached hydrogens (tertiary/aromatic N) is 1. The number of amides is 1. The van der Waals surface area contributed by atoms with Crippen molar-refractivity contribution in [2.45, 2.75) is 4.90 Å². The Hall–Kier alpha value is -1.76. The van der Waals surface area contributed by atoms with Crippen LogP contribution in [0.25, 0.3) is 0 Å². The van der Waals surface area contributed by atoms with Gasteiger partial charge in [0.15, 0.2) is 0 Å². The fourth-order valence-corrected chi connectivity index (χ4v) is 2.25. The monoisotopic (exact) mass is 240 g/mol. The molecule has 1 amide bonds. The van der Waals surface area contributed by atoms with E-state index in [9.17, 15) is 14.9 Å². The van der Waals surface area contributed by atoms with Gasteiger partial charge in [0.25, 0.3) is 5.69 Å². The lowest BCUT2D eigenvalue weighted by atomic mass is 10.2. The van der Waals surface area contributed by atoms with E-state index in [0.717, 1.165) is 0 Å². The van der Waals surface area contributed by atoms with Gasteiger partial charge in [0.2, 0.25) is 5.91 Å². The molecule has 0 bridgehead atoms. The zero-order valence-electron chi connectivity index (χ0n) is 8.35. The Kier molecular flexibility index (Phi) is 2.69. The van der Waals surface area contributed by atoms with Gasteiger partial charge in [-0.05, 0) is 6.07 Å². The van der Waals surface area contributed by atoms with Gasteiger partial charge in [-0.2, -0.15) is 0 Å². The van der Waals surface area contributed by atoms with Crippen molar-refractivity contribution in [1.29, 1.82) is 0 Å². The van der Waals surface area contributed by atoms with Crippen LogP contribution in [-0.4, -0.2) is 23.7 Å². The Morgan fingerprint density at radius 3 is 2.94 bits per heavy atom. The highest BCUT2D eigenvalue weighted by atomic mass is 32.2. The second-order valence-corrected chi connectivity index (χ2v) is 4.13. The number of anilines is 1. The topological polar surface area (TPSA) is 81.5 Å². The van der Waals surface area contributed by atoms with Crippen molar-refractivity contribution in [2.75, 3.05) is 18.2 Å². The first-order valence-corrected chi connectivity index (χ1v) is 5.39. The predicted octanol–water partition coefficient (Wildman–Crippen LogP) is 1.65. The lowest BCUT2D eigenvalue weighted by Gasteiger charge is -2.16. The van der Waals surface area contributed by atoms with Crippen LogP contribution in [-0.2, 0) is 4.79 Å². The number of nitro benzene ring substituents is 1. The van der Waals surface area contributed by atoms with E-state index >= 15 is 0 Å². The minimum atomic E-state index is -0.534. The molecule has 0 unspecified atom stereocenters. The molecule has 0 fully saturated rings. The molecule has 0 radical (unpaired) electrons. The summed E-state index contributed by atoms with van der Waals surface area (Å²) in [5.74, 6) is 0.442. The summed E-state index contributed by atoms with van der Waals surface area (Å²) in [7, 11) is 1.44. The van der Waals surface area contributed by atoms with Gasteiger partial charge in [0, 0.05) is 4.90 Å². The summed E-state index contributed by atoms with van der Waals surface area (Å²) in [6, 6.07) is 2.97. The molecule has 0 saturated carbocycles. The quantitative estimate of drug-likeness (QED) is 0.627. The van der Waals surface area contributed by atoms with E-state index in [1.54, 1.807) is 6.07 Å².